The zero-order chi connectivity index (χ0) is 29.4. The fraction of sp³-hybridized carbons (Fsp3) is 0.771. The number of aliphatic hydroxyl groups excluding tert-OH is 1. The Bertz CT molecular complexity index is 652. The van der Waals surface area contributed by atoms with Gasteiger partial charge in [-0.25, -0.2) is 0 Å². The van der Waals surface area contributed by atoms with Crippen molar-refractivity contribution in [2.75, 3.05) is 13.2 Å². The van der Waals surface area contributed by atoms with Crippen molar-refractivity contribution < 1.29 is 24.2 Å². The minimum atomic E-state index is -0.775. The number of aliphatic hydroxyl groups is 1. The first kappa shape index (κ1) is 38.1. The van der Waals surface area contributed by atoms with Crippen LogP contribution in [-0.4, -0.2) is 36.4 Å². The first-order chi connectivity index (χ1) is 19.6. The van der Waals surface area contributed by atoms with Crippen molar-refractivity contribution in [2.45, 2.75) is 161 Å². The lowest BCUT2D eigenvalue weighted by Crippen LogP contribution is -2.28. The minimum absolute atomic E-state index is 0.0711. The molecule has 0 saturated heterocycles. The number of carbonyl (C=O) groups excluding carboxylic acids is 2. The van der Waals surface area contributed by atoms with Crippen LogP contribution in [0.15, 0.2) is 36.5 Å². The van der Waals surface area contributed by atoms with Crippen molar-refractivity contribution >= 4 is 11.9 Å². The molecule has 232 valence electrons. The summed E-state index contributed by atoms with van der Waals surface area (Å²) < 4.78 is 10.5. The van der Waals surface area contributed by atoms with Crippen LogP contribution in [0, 0.1) is 0 Å². The molecule has 0 saturated carbocycles. The van der Waals surface area contributed by atoms with E-state index in [0.29, 0.717) is 12.8 Å². The Morgan fingerprint density at radius 1 is 0.600 bits per heavy atom. The first-order valence-corrected chi connectivity index (χ1v) is 16.5. The van der Waals surface area contributed by atoms with Gasteiger partial charge in [-0.05, 0) is 44.9 Å². The molecule has 0 aromatic rings. The second-order valence-corrected chi connectivity index (χ2v) is 10.9. The molecule has 0 aliphatic carbocycles. The molecule has 40 heavy (non-hydrogen) atoms. The highest BCUT2D eigenvalue weighted by Gasteiger charge is 2.16. The smallest absolute Gasteiger partial charge is 0.306 e. The van der Waals surface area contributed by atoms with Gasteiger partial charge < -0.3 is 14.6 Å². The summed E-state index contributed by atoms with van der Waals surface area (Å²) in [5.74, 6) is -0.613. The van der Waals surface area contributed by atoms with Gasteiger partial charge in [0.25, 0.3) is 0 Å². The molecule has 1 N–H and O–H groups in total. The Morgan fingerprint density at radius 2 is 1.07 bits per heavy atom. The SMILES string of the molecule is CC/C=C\C/C=C\C/C=C\CCCCCCCC(=O)OC(CO)COC(=O)CCCCCCCCCCCCC. The number of carbonyl (C=O) groups is 2. The molecule has 0 aliphatic heterocycles. The third-order valence-corrected chi connectivity index (χ3v) is 6.95. The van der Waals surface area contributed by atoms with Crippen molar-refractivity contribution in [3.63, 3.8) is 0 Å². The van der Waals surface area contributed by atoms with Crippen molar-refractivity contribution in [1.29, 1.82) is 0 Å². The molecule has 0 rings (SSSR count). The van der Waals surface area contributed by atoms with Gasteiger partial charge in [-0.3, -0.25) is 9.59 Å². The van der Waals surface area contributed by atoms with Crippen LogP contribution in [0.5, 0.6) is 0 Å². The normalized spacial score (nSPS) is 12.6. The number of ether oxygens (including phenoxy) is 2. The lowest BCUT2D eigenvalue weighted by Gasteiger charge is -2.15. The Kier molecular flexibility index (Phi) is 30.2. The van der Waals surface area contributed by atoms with E-state index in [1.165, 1.54) is 57.8 Å². The van der Waals surface area contributed by atoms with Gasteiger partial charge in [-0.2, -0.15) is 0 Å². The van der Waals surface area contributed by atoms with Crippen LogP contribution in [0.3, 0.4) is 0 Å². The van der Waals surface area contributed by atoms with Gasteiger partial charge in [-0.1, -0.05) is 134 Å². The third kappa shape index (κ3) is 29.1. The molecule has 5 heteroatoms. The van der Waals surface area contributed by atoms with E-state index < -0.39 is 6.10 Å². The summed E-state index contributed by atoms with van der Waals surface area (Å²) in [7, 11) is 0. The molecule has 0 aromatic carbocycles. The maximum atomic E-state index is 12.1. The maximum absolute atomic E-state index is 12.1. The van der Waals surface area contributed by atoms with Crippen LogP contribution >= 0.6 is 0 Å². The number of hydrogen-bond donors (Lipinski definition) is 1. The fourth-order valence-corrected chi connectivity index (χ4v) is 4.45. The Labute approximate surface area is 246 Å². The monoisotopic (exact) mass is 562 g/mol. The van der Waals surface area contributed by atoms with Gasteiger partial charge >= 0.3 is 11.9 Å². The summed E-state index contributed by atoms with van der Waals surface area (Å²) in [5.41, 5.74) is 0. The first-order valence-electron chi connectivity index (χ1n) is 16.5. The molecule has 0 spiro atoms. The van der Waals surface area contributed by atoms with Crippen LogP contribution in [0.2, 0.25) is 0 Å². The van der Waals surface area contributed by atoms with Gasteiger partial charge in [0.2, 0.25) is 0 Å². The predicted octanol–water partition coefficient (Wildman–Crippen LogP) is 9.72. The van der Waals surface area contributed by atoms with E-state index in [4.69, 9.17) is 9.47 Å². The fourth-order valence-electron chi connectivity index (χ4n) is 4.45. The second-order valence-electron chi connectivity index (χ2n) is 10.9. The molecular formula is C35H62O5. The molecule has 1 atom stereocenters. The summed E-state index contributed by atoms with van der Waals surface area (Å²) in [5, 5.41) is 9.49. The highest BCUT2D eigenvalue weighted by molar-refractivity contribution is 5.70. The molecule has 5 nitrogen and oxygen atoms in total. The zero-order valence-electron chi connectivity index (χ0n) is 26.1. The summed E-state index contributed by atoms with van der Waals surface area (Å²) in [6.07, 6.45) is 36.2. The number of unbranched alkanes of at least 4 members (excludes halogenated alkanes) is 15. The minimum Gasteiger partial charge on any atom is -0.462 e. The van der Waals surface area contributed by atoms with E-state index >= 15 is 0 Å². The Morgan fingerprint density at radius 3 is 1.62 bits per heavy atom. The quantitative estimate of drug-likeness (QED) is 0.0558. The maximum Gasteiger partial charge on any atom is 0.306 e. The lowest BCUT2D eigenvalue weighted by atomic mass is 10.1. The van der Waals surface area contributed by atoms with Crippen molar-refractivity contribution in [2.24, 2.45) is 0 Å². The van der Waals surface area contributed by atoms with E-state index in [1.54, 1.807) is 0 Å². The van der Waals surface area contributed by atoms with Gasteiger partial charge in [0.1, 0.15) is 6.61 Å². The van der Waals surface area contributed by atoms with Gasteiger partial charge in [0.05, 0.1) is 6.61 Å². The number of esters is 2. The lowest BCUT2D eigenvalue weighted by molar-refractivity contribution is -0.161. The van der Waals surface area contributed by atoms with Gasteiger partial charge in [0.15, 0.2) is 6.10 Å². The largest absolute Gasteiger partial charge is 0.462 e. The van der Waals surface area contributed by atoms with Gasteiger partial charge in [0, 0.05) is 12.8 Å². The zero-order valence-corrected chi connectivity index (χ0v) is 26.1. The standard InChI is InChI=1S/C35H62O5/c1-3-5-7-9-11-13-15-16-17-18-20-22-24-26-28-30-35(38)40-33(31-36)32-39-34(37)29-27-25-23-21-19-14-12-10-8-6-4-2/h5,7,11,13,16-17,33,36H,3-4,6,8-10,12,14-15,18-32H2,1-2H3/b7-5-,13-11-,17-16-. The van der Waals surface area contributed by atoms with Gasteiger partial charge in [-0.15, -0.1) is 0 Å². The van der Waals surface area contributed by atoms with Crippen LogP contribution in [0.25, 0.3) is 0 Å². The molecular weight excluding hydrogens is 500 g/mol. The highest BCUT2D eigenvalue weighted by Crippen LogP contribution is 2.13. The van der Waals surface area contributed by atoms with Crippen molar-refractivity contribution in [3.05, 3.63) is 36.5 Å². The predicted molar refractivity (Wildman–Crippen MR) is 168 cm³/mol. The Balaban J connectivity index is 3.62. The summed E-state index contributed by atoms with van der Waals surface area (Å²) in [6, 6.07) is 0. The van der Waals surface area contributed by atoms with Crippen molar-refractivity contribution in [1.82, 2.24) is 0 Å². The van der Waals surface area contributed by atoms with E-state index in [1.807, 2.05) is 0 Å². The number of rotatable bonds is 29. The number of allylic oxidation sites excluding steroid dienone is 6. The molecule has 0 aliphatic rings. The van der Waals surface area contributed by atoms with Crippen LogP contribution in [0.1, 0.15) is 155 Å². The van der Waals surface area contributed by atoms with E-state index in [9.17, 15) is 14.7 Å². The Hall–Kier alpha value is -1.88. The summed E-state index contributed by atoms with van der Waals surface area (Å²) in [6.45, 7) is 3.98. The third-order valence-electron chi connectivity index (χ3n) is 6.95. The van der Waals surface area contributed by atoms with Crippen LogP contribution < -0.4 is 0 Å². The molecule has 0 fully saturated rings. The highest BCUT2D eigenvalue weighted by atomic mass is 16.6. The van der Waals surface area contributed by atoms with Crippen LogP contribution in [0.4, 0.5) is 0 Å². The van der Waals surface area contributed by atoms with E-state index in [-0.39, 0.29) is 25.2 Å². The summed E-state index contributed by atoms with van der Waals surface area (Å²) >= 11 is 0. The summed E-state index contributed by atoms with van der Waals surface area (Å²) in [4.78, 5) is 24.1. The molecule has 0 heterocycles. The van der Waals surface area contributed by atoms with Crippen molar-refractivity contribution in [3.8, 4) is 0 Å². The average molecular weight is 563 g/mol. The topological polar surface area (TPSA) is 72.8 Å². The molecule has 0 radical (unpaired) electrons. The molecule has 1 unspecified atom stereocenters. The molecule has 0 bridgehead atoms. The van der Waals surface area contributed by atoms with E-state index in [2.05, 4.69) is 50.3 Å². The van der Waals surface area contributed by atoms with E-state index in [0.717, 1.165) is 70.6 Å². The molecule has 0 amide bonds. The van der Waals surface area contributed by atoms with Crippen LogP contribution in [-0.2, 0) is 19.1 Å². The second kappa shape index (κ2) is 31.6. The molecule has 0 aromatic heterocycles. The average Bonchev–Trinajstić information content (AvgIpc) is 2.96. The number of hydrogen-bond acceptors (Lipinski definition) is 5.